The van der Waals surface area contributed by atoms with Crippen LogP contribution in [0, 0.1) is 0 Å². The molecule has 0 saturated carbocycles. The number of hydrogen-bond donors (Lipinski definition) is 0. The molecule has 0 bridgehead atoms. The van der Waals surface area contributed by atoms with Gasteiger partial charge in [-0.15, -0.1) is 0 Å². The number of aromatic nitrogens is 3. The van der Waals surface area contributed by atoms with Gasteiger partial charge in [-0.2, -0.15) is 0 Å². The van der Waals surface area contributed by atoms with Crippen molar-refractivity contribution in [3.05, 3.63) is 175 Å². The highest BCUT2D eigenvalue weighted by Crippen LogP contribution is 2.51. The van der Waals surface area contributed by atoms with Crippen molar-refractivity contribution >= 4 is 27.5 Å². The van der Waals surface area contributed by atoms with Gasteiger partial charge in [0.1, 0.15) is 28.8 Å². The van der Waals surface area contributed by atoms with E-state index in [0.29, 0.717) is 11.6 Å². The number of benzene rings is 5. The highest BCUT2D eigenvalue weighted by molar-refractivity contribution is 6.06. The molecule has 238 valence electrons. The number of para-hydroxylation sites is 2. The van der Waals surface area contributed by atoms with E-state index in [4.69, 9.17) is 24.1 Å². The molecule has 1 aliphatic heterocycles. The van der Waals surface area contributed by atoms with E-state index in [1.54, 1.807) is 0 Å². The van der Waals surface area contributed by atoms with Crippen molar-refractivity contribution in [1.29, 1.82) is 0 Å². The quantitative estimate of drug-likeness (QED) is 0.186. The van der Waals surface area contributed by atoms with Gasteiger partial charge in [-0.3, -0.25) is 0 Å². The monoisotopic (exact) mass is 645 g/mol. The number of hydrogen-bond acceptors (Lipinski definition) is 5. The predicted octanol–water partition coefficient (Wildman–Crippen LogP) is 10.9. The molecule has 3 atom stereocenters. The van der Waals surface area contributed by atoms with Gasteiger partial charge in [0.25, 0.3) is 0 Å². The molecule has 5 nitrogen and oxygen atoms in total. The second kappa shape index (κ2) is 11.7. The molecule has 50 heavy (non-hydrogen) atoms. The van der Waals surface area contributed by atoms with Gasteiger partial charge in [0, 0.05) is 39.0 Å². The lowest BCUT2D eigenvalue weighted by molar-refractivity contribution is 0.272. The summed E-state index contributed by atoms with van der Waals surface area (Å²) in [4.78, 5) is 15.4. The molecule has 0 spiro atoms. The molecule has 0 N–H and O–H groups in total. The highest BCUT2D eigenvalue weighted by atomic mass is 16.5. The zero-order chi connectivity index (χ0) is 33.0. The fourth-order valence-corrected chi connectivity index (χ4v) is 7.55. The van der Waals surface area contributed by atoms with Crippen molar-refractivity contribution in [2.75, 3.05) is 0 Å². The van der Waals surface area contributed by atoms with E-state index in [9.17, 15) is 0 Å². The van der Waals surface area contributed by atoms with Gasteiger partial charge in [0.15, 0.2) is 11.6 Å². The summed E-state index contributed by atoms with van der Waals surface area (Å²) in [6.07, 6.45) is 15.6. The summed E-state index contributed by atoms with van der Waals surface area (Å²) in [5.41, 5.74) is 9.39. The summed E-state index contributed by atoms with van der Waals surface area (Å²) in [6.45, 7) is 0. The normalized spacial score (nSPS) is 19.0. The summed E-state index contributed by atoms with van der Waals surface area (Å²) >= 11 is 0. The molecule has 0 fully saturated rings. The number of furan rings is 1. The second-order valence-electron chi connectivity index (χ2n) is 13.0. The molecule has 0 saturated heterocycles. The van der Waals surface area contributed by atoms with Crippen LogP contribution in [0.5, 0.6) is 5.75 Å². The van der Waals surface area contributed by atoms with E-state index in [2.05, 4.69) is 140 Å². The van der Waals surface area contributed by atoms with Crippen LogP contribution in [-0.2, 0) is 0 Å². The van der Waals surface area contributed by atoms with Gasteiger partial charge >= 0.3 is 0 Å². The molecule has 2 aliphatic carbocycles. The van der Waals surface area contributed by atoms with E-state index < -0.39 is 0 Å². The summed E-state index contributed by atoms with van der Waals surface area (Å²) < 4.78 is 12.9. The minimum absolute atomic E-state index is 0.0567. The smallest absolute Gasteiger partial charge is 0.163 e. The summed E-state index contributed by atoms with van der Waals surface area (Å²) in [5, 5.41) is 2.21. The molecule has 3 aliphatic rings. The van der Waals surface area contributed by atoms with Crippen LogP contribution in [0.4, 0.5) is 0 Å². The van der Waals surface area contributed by atoms with Crippen molar-refractivity contribution < 1.29 is 9.15 Å². The summed E-state index contributed by atoms with van der Waals surface area (Å²) in [5.74, 6) is 3.06. The Kier molecular flexibility index (Phi) is 6.69. The zero-order valence-electron chi connectivity index (χ0n) is 27.1. The Bertz CT molecular complexity index is 2560. The molecule has 5 aromatic carbocycles. The molecule has 5 heteroatoms. The number of ether oxygens (including phenoxy) is 1. The van der Waals surface area contributed by atoms with Crippen LogP contribution in [0.2, 0.25) is 0 Å². The van der Waals surface area contributed by atoms with Gasteiger partial charge in [-0.25, -0.2) is 15.0 Å². The lowest BCUT2D eigenvalue weighted by Gasteiger charge is -2.23. The third kappa shape index (κ3) is 4.81. The number of rotatable bonds is 5. The van der Waals surface area contributed by atoms with Gasteiger partial charge in [-0.1, -0.05) is 134 Å². The molecule has 3 unspecified atom stereocenters. The Labute approximate surface area is 289 Å². The van der Waals surface area contributed by atoms with Crippen LogP contribution in [0.15, 0.2) is 162 Å². The van der Waals surface area contributed by atoms with Crippen molar-refractivity contribution in [3.8, 4) is 39.4 Å². The van der Waals surface area contributed by atoms with Crippen molar-refractivity contribution in [1.82, 2.24) is 15.0 Å². The molecule has 3 heterocycles. The van der Waals surface area contributed by atoms with Crippen LogP contribution in [0.3, 0.4) is 0 Å². The Hall–Kier alpha value is -6.33. The van der Waals surface area contributed by atoms with Crippen LogP contribution in [0.1, 0.15) is 35.5 Å². The predicted molar refractivity (Wildman–Crippen MR) is 200 cm³/mol. The Morgan fingerprint density at radius 1 is 0.580 bits per heavy atom. The minimum atomic E-state index is -0.170. The first-order valence-electron chi connectivity index (χ1n) is 17.1. The van der Waals surface area contributed by atoms with Gasteiger partial charge in [0.05, 0.1) is 5.92 Å². The minimum Gasteiger partial charge on any atom is -0.484 e. The van der Waals surface area contributed by atoms with Gasteiger partial charge in [-0.05, 0) is 47.4 Å². The van der Waals surface area contributed by atoms with Gasteiger partial charge < -0.3 is 9.15 Å². The molecule has 0 radical (unpaired) electrons. The number of allylic oxidation sites excluding steroid dienone is 6. The maximum absolute atomic E-state index is 6.80. The molecule has 0 amide bonds. The Morgan fingerprint density at radius 3 is 2.24 bits per heavy atom. The molecule has 7 aromatic rings. The van der Waals surface area contributed by atoms with E-state index in [-0.39, 0.29) is 17.9 Å². The number of fused-ring (bicyclic) bond motifs is 6. The third-order valence-corrected chi connectivity index (χ3v) is 10.0. The summed E-state index contributed by atoms with van der Waals surface area (Å²) in [7, 11) is 0. The van der Waals surface area contributed by atoms with E-state index in [0.717, 1.165) is 73.3 Å². The molecular weight excluding hydrogens is 615 g/mol. The van der Waals surface area contributed by atoms with Gasteiger partial charge in [0.2, 0.25) is 0 Å². The molecular formula is C45H31N3O2. The first kappa shape index (κ1) is 28.7. The lowest BCUT2D eigenvalue weighted by Crippen LogP contribution is -2.21. The Morgan fingerprint density at radius 2 is 1.36 bits per heavy atom. The van der Waals surface area contributed by atoms with Crippen LogP contribution < -0.4 is 4.74 Å². The SMILES string of the molecule is C1=CCC(c2nc(C3=CC=CC4Oc5c(-c6ccc7oc8ccccc8c7c6)cccc5C34)nc(-c3ccc(-c4ccccc4)cc3)n2)C=C1. The van der Waals surface area contributed by atoms with Crippen molar-refractivity contribution in [3.63, 3.8) is 0 Å². The topological polar surface area (TPSA) is 61.0 Å². The maximum Gasteiger partial charge on any atom is 0.163 e. The fraction of sp³-hybridized carbons (Fsp3) is 0.0889. The molecule has 10 rings (SSSR count). The summed E-state index contributed by atoms with van der Waals surface area (Å²) in [6, 6.07) is 40.0. The first-order chi connectivity index (χ1) is 24.8. The number of nitrogens with zero attached hydrogens (tertiary/aromatic N) is 3. The van der Waals surface area contributed by atoms with Crippen LogP contribution in [0.25, 0.3) is 61.2 Å². The Balaban J connectivity index is 1.06. The van der Waals surface area contributed by atoms with E-state index >= 15 is 0 Å². The third-order valence-electron chi connectivity index (χ3n) is 10.0. The standard InChI is InChI=1S/C45H31N3O2/c1-3-11-28(12-4-1)29-21-23-31(24-22-29)44-46-43(30-13-5-2-6-14-30)47-45(48-44)36-18-10-20-40-41(36)35-17-9-16-33(42(35)50-40)32-25-26-39-37(27-32)34-15-7-8-19-38(34)49-39/h1-13,15-27,30,40-41H,14H2. The second-order valence-corrected chi connectivity index (χ2v) is 13.0. The van der Waals surface area contributed by atoms with E-state index in [1.165, 1.54) is 5.56 Å². The maximum atomic E-state index is 6.80. The van der Waals surface area contributed by atoms with Crippen molar-refractivity contribution in [2.24, 2.45) is 0 Å². The van der Waals surface area contributed by atoms with E-state index in [1.807, 2.05) is 18.2 Å². The van der Waals surface area contributed by atoms with Crippen LogP contribution in [-0.4, -0.2) is 21.1 Å². The van der Waals surface area contributed by atoms with Crippen molar-refractivity contribution in [2.45, 2.75) is 24.4 Å². The average Bonchev–Trinajstić information content (AvgIpc) is 3.77. The first-order valence-corrected chi connectivity index (χ1v) is 17.1. The van der Waals surface area contributed by atoms with Crippen LogP contribution >= 0.6 is 0 Å². The zero-order valence-corrected chi connectivity index (χ0v) is 27.1. The highest BCUT2D eigenvalue weighted by Gasteiger charge is 2.40. The fourth-order valence-electron chi connectivity index (χ4n) is 7.55. The lowest BCUT2D eigenvalue weighted by atomic mass is 9.83. The molecule has 2 aromatic heterocycles. The average molecular weight is 646 g/mol. The largest absolute Gasteiger partial charge is 0.484 e.